The Morgan fingerprint density at radius 3 is 2.09 bits per heavy atom. The average Bonchev–Trinajstić information content (AvgIpc) is 3.68. The van der Waals surface area contributed by atoms with E-state index in [0.717, 1.165) is 28.0 Å². The quantitative estimate of drug-likeness (QED) is 0.165. The highest BCUT2D eigenvalue weighted by molar-refractivity contribution is 5.97. The molecular weight excluding hydrogens is 576 g/mol. The van der Waals surface area contributed by atoms with Gasteiger partial charge in [-0.2, -0.15) is 0 Å². The number of amides is 2. The molecule has 11 nitrogen and oxygen atoms in total. The summed E-state index contributed by atoms with van der Waals surface area (Å²) in [6.07, 6.45) is 1.98. The largest absolute Gasteiger partial charge is 0.488 e. The Balaban J connectivity index is 1.48. The Labute approximate surface area is 260 Å². The number of aliphatic hydroxyl groups excluding tert-OH is 1. The van der Waals surface area contributed by atoms with Crippen LogP contribution in [0.1, 0.15) is 63.8 Å². The first kappa shape index (κ1) is 31.3. The number of aliphatic hydroxyl groups is 1. The molecule has 5 rings (SSSR count). The van der Waals surface area contributed by atoms with E-state index < -0.39 is 24.0 Å². The molecule has 0 aliphatic carbocycles. The van der Waals surface area contributed by atoms with Crippen LogP contribution < -0.4 is 26.4 Å². The lowest BCUT2D eigenvalue weighted by Crippen LogP contribution is -2.53. The van der Waals surface area contributed by atoms with Crippen LogP contribution >= 0.6 is 0 Å². The number of benzene rings is 3. The minimum absolute atomic E-state index is 0.0426. The van der Waals surface area contributed by atoms with Gasteiger partial charge in [-0.25, -0.2) is 0 Å². The Morgan fingerprint density at radius 2 is 1.56 bits per heavy atom. The van der Waals surface area contributed by atoms with Crippen molar-refractivity contribution in [2.75, 3.05) is 6.61 Å². The number of nitrogens with one attached hydrogen (secondary N) is 1. The molecule has 0 saturated carbocycles. The summed E-state index contributed by atoms with van der Waals surface area (Å²) in [6.45, 7) is 4.26. The van der Waals surface area contributed by atoms with Gasteiger partial charge in [-0.05, 0) is 46.7 Å². The van der Waals surface area contributed by atoms with Crippen molar-refractivity contribution in [3.63, 3.8) is 0 Å². The first-order chi connectivity index (χ1) is 21.7. The summed E-state index contributed by atoms with van der Waals surface area (Å²) < 4.78 is 18.2. The molecule has 1 aliphatic rings. The van der Waals surface area contributed by atoms with Crippen molar-refractivity contribution in [1.82, 2.24) is 10.6 Å². The molecule has 0 fully saturated rings. The zero-order chi connectivity index (χ0) is 32.0. The first-order valence-electron chi connectivity index (χ1n) is 14.6. The molecule has 0 radical (unpaired) electrons. The predicted octanol–water partition coefficient (Wildman–Crippen LogP) is 3.93. The van der Waals surface area contributed by atoms with Crippen LogP contribution in [0.4, 0.5) is 0 Å². The van der Waals surface area contributed by atoms with Gasteiger partial charge in [-0.3, -0.25) is 9.59 Å². The normalized spacial score (nSPS) is 15.9. The Morgan fingerprint density at radius 1 is 0.933 bits per heavy atom. The molecule has 1 unspecified atom stereocenters. The zero-order valence-corrected chi connectivity index (χ0v) is 25.1. The molecule has 6 N–H and O–H groups in total. The summed E-state index contributed by atoms with van der Waals surface area (Å²) in [5.41, 5.74) is 15.8. The van der Waals surface area contributed by atoms with Crippen LogP contribution in [0.15, 0.2) is 83.4 Å². The van der Waals surface area contributed by atoms with Gasteiger partial charge in [0.05, 0.1) is 12.2 Å². The van der Waals surface area contributed by atoms with E-state index in [9.17, 15) is 14.7 Å². The number of aryl methyl sites for hydroxylation is 2. The molecular formula is C34H36N4O7. The van der Waals surface area contributed by atoms with Crippen LogP contribution in [0.25, 0.3) is 5.76 Å². The molecule has 45 heavy (non-hydrogen) atoms. The summed E-state index contributed by atoms with van der Waals surface area (Å²) in [4.78, 5) is 29.8. The van der Waals surface area contributed by atoms with Gasteiger partial charge in [-0.15, -0.1) is 5.48 Å². The van der Waals surface area contributed by atoms with Crippen molar-refractivity contribution in [2.45, 2.75) is 51.4 Å². The SMILES string of the molecule is CC(C)c1cc(CCc2onc(C(N)=O)c2C2=CC(CO)(C(N)=O)NO2)c(OCc2ccccc2)cc1OCc1ccccc1. The van der Waals surface area contributed by atoms with E-state index in [2.05, 4.69) is 30.6 Å². The second kappa shape index (κ2) is 13.7. The average molecular weight is 613 g/mol. The van der Waals surface area contributed by atoms with Crippen molar-refractivity contribution in [3.05, 3.63) is 118 Å². The second-order valence-corrected chi connectivity index (χ2v) is 11.1. The maximum absolute atomic E-state index is 12.2. The molecule has 3 aromatic carbocycles. The van der Waals surface area contributed by atoms with Crippen LogP contribution in [0, 0.1) is 0 Å². The van der Waals surface area contributed by atoms with Gasteiger partial charge < -0.3 is 35.4 Å². The van der Waals surface area contributed by atoms with Crippen LogP contribution in [-0.2, 0) is 35.7 Å². The maximum atomic E-state index is 12.2. The third kappa shape index (κ3) is 7.00. The van der Waals surface area contributed by atoms with Gasteiger partial charge in [0, 0.05) is 12.5 Å². The molecule has 2 heterocycles. The van der Waals surface area contributed by atoms with Crippen molar-refractivity contribution < 1.29 is 33.5 Å². The molecule has 1 aliphatic heterocycles. The van der Waals surface area contributed by atoms with Crippen LogP contribution in [0.5, 0.6) is 11.5 Å². The zero-order valence-electron chi connectivity index (χ0n) is 25.1. The highest BCUT2D eigenvalue weighted by Gasteiger charge is 2.42. The lowest BCUT2D eigenvalue weighted by Gasteiger charge is -2.20. The first-order valence-corrected chi connectivity index (χ1v) is 14.6. The molecule has 2 amide bonds. The van der Waals surface area contributed by atoms with Crippen molar-refractivity contribution in [3.8, 4) is 11.5 Å². The third-order valence-corrected chi connectivity index (χ3v) is 7.56. The number of carbonyl (C=O) groups excluding carboxylic acids is 2. The van der Waals surface area contributed by atoms with E-state index in [-0.39, 0.29) is 29.4 Å². The van der Waals surface area contributed by atoms with E-state index >= 15 is 0 Å². The van der Waals surface area contributed by atoms with Gasteiger partial charge in [0.25, 0.3) is 5.91 Å². The van der Waals surface area contributed by atoms with E-state index in [0.29, 0.717) is 31.1 Å². The lowest BCUT2D eigenvalue weighted by atomic mass is 9.95. The van der Waals surface area contributed by atoms with Gasteiger partial charge in [0.2, 0.25) is 5.91 Å². The minimum Gasteiger partial charge on any atom is -0.488 e. The summed E-state index contributed by atoms with van der Waals surface area (Å²) in [7, 11) is 0. The van der Waals surface area contributed by atoms with Gasteiger partial charge in [0.15, 0.2) is 17.0 Å². The van der Waals surface area contributed by atoms with E-state index in [1.165, 1.54) is 6.08 Å². The molecule has 4 aromatic rings. The molecule has 0 bridgehead atoms. The fourth-order valence-corrected chi connectivity index (χ4v) is 5.00. The van der Waals surface area contributed by atoms with Crippen LogP contribution in [0.3, 0.4) is 0 Å². The molecule has 1 atom stereocenters. The van der Waals surface area contributed by atoms with Crippen molar-refractivity contribution in [2.24, 2.45) is 11.5 Å². The summed E-state index contributed by atoms with van der Waals surface area (Å²) in [5, 5.41) is 13.7. The Kier molecular flexibility index (Phi) is 9.50. The highest BCUT2D eigenvalue weighted by atomic mass is 16.7. The fourth-order valence-electron chi connectivity index (χ4n) is 5.00. The van der Waals surface area contributed by atoms with E-state index in [1.807, 2.05) is 66.7 Å². The Bertz CT molecular complexity index is 1690. The molecule has 0 saturated heterocycles. The number of hydroxylamine groups is 1. The van der Waals surface area contributed by atoms with Gasteiger partial charge in [0.1, 0.15) is 30.5 Å². The number of aromatic nitrogens is 1. The molecule has 11 heteroatoms. The van der Waals surface area contributed by atoms with E-state index in [4.69, 9.17) is 30.3 Å². The number of hydrogen-bond acceptors (Lipinski definition) is 9. The highest BCUT2D eigenvalue weighted by Crippen LogP contribution is 2.37. The number of primary amides is 2. The number of hydrogen-bond donors (Lipinski definition) is 4. The second-order valence-electron chi connectivity index (χ2n) is 11.1. The number of nitrogens with two attached hydrogens (primary N) is 2. The van der Waals surface area contributed by atoms with E-state index in [1.54, 1.807) is 0 Å². The number of ether oxygens (including phenoxy) is 2. The standard InChI is InChI=1S/C34H36N4O7/c1-21(2)25-15-24(13-14-26-30(31(32(35)40)37-44-26)29-17-34(20-39,33(36)41)38-45-29)27(42-18-22-9-5-3-6-10-22)16-28(25)43-19-23-11-7-4-8-12-23/h3-12,15-17,21,38-39H,13-14,18-20H2,1-2H3,(H2,35,40)(H2,36,41). The monoisotopic (exact) mass is 612 g/mol. The topological polar surface area (TPSA) is 172 Å². The minimum atomic E-state index is -1.68. The predicted molar refractivity (Wildman–Crippen MR) is 166 cm³/mol. The fraction of sp³-hybridized carbons (Fsp3) is 0.265. The third-order valence-electron chi connectivity index (χ3n) is 7.56. The molecule has 1 aromatic heterocycles. The smallest absolute Gasteiger partial charge is 0.271 e. The van der Waals surface area contributed by atoms with Gasteiger partial charge >= 0.3 is 0 Å². The Hall–Kier alpha value is -5.13. The van der Waals surface area contributed by atoms with Crippen molar-refractivity contribution >= 4 is 17.6 Å². The van der Waals surface area contributed by atoms with Gasteiger partial charge in [-0.1, -0.05) is 79.7 Å². The number of nitrogens with zero attached hydrogens (tertiary/aromatic N) is 1. The van der Waals surface area contributed by atoms with Crippen LogP contribution in [0.2, 0.25) is 0 Å². The summed E-state index contributed by atoms with van der Waals surface area (Å²) in [5.74, 6) is 0.116. The summed E-state index contributed by atoms with van der Waals surface area (Å²) >= 11 is 0. The number of carbonyl (C=O) groups is 2. The number of rotatable bonds is 14. The lowest BCUT2D eigenvalue weighted by molar-refractivity contribution is -0.126. The maximum Gasteiger partial charge on any atom is 0.271 e. The molecule has 234 valence electrons. The van der Waals surface area contributed by atoms with Crippen molar-refractivity contribution in [1.29, 1.82) is 0 Å². The molecule has 0 spiro atoms. The van der Waals surface area contributed by atoms with Crippen LogP contribution in [-0.4, -0.2) is 34.2 Å². The summed E-state index contributed by atoms with van der Waals surface area (Å²) in [6, 6.07) is 23.8.